The number of carbonyl (C=O) groups is 2. The van der Waals surface area contributed by atoms with E-state index in [1.165, 1.54) is 4.90 Å². The predicted molar refractivity (Wildman–Crippen MR) is 108 cm³/mol. The van der Waals surface area contributed by atoms with Gasteiger partial charge in [-0.1, -0.05) is 28.1 Å². The van der Waals surface area contributed by atoms with Crippen LogP contribution in [-0.2, 0) is 19.6 Å². The van der Waals surface area contributed by atoms with Crippen LogP contribution >= 0.6 is 15.9 Å². The highest BCUT2D eigenvalue weighted by Crippen LogP contribution is 2.30. The van der Waals surface area contributed by atoms with Gasteiger partial charge in [0.2, 0.25) is 21.8 Å². The summed E-state index contributed by atoms with van der Waals surface area (Å²) in [6.45, 7) is 1.27. The topological polar surface area (TPSA) is 86.8 Å². The minimum absolute atomic E-state index is 0.160. The third-order valence-electron chi connectivity index (χ3n) is 4.18. The SMILES string of the molecule is Cc1cc(N(CC(=O)N2CC(=O)Nc3ccccc32)S(C)(=O)=O)ccc1Br. The van der Waals surface area contributed by atoms with Gasteiger partial charge in [-0.05, 0) is 42.8 Å². The van der Waals surface area contributed by atoms with Gasteiger partial charge in [-0.3, -0.25) is 18.8 Å². The second kappa shape index (κ2) is 7.32. The van der Waals surface area contributed by atoms with Crippen LogP contribution in [0.5, 0.6) is 0 Å². The minimum atomic E-state index is -3.70. The Labute approximate surface area is 166 Å². The zero-order valence-corrected chi connectivity index (χ0v) is 17.2. The molecular weight excluding hydrogens is 434 g/mol. The fraction of sp³-hybridized carbons (Fsp3) is 0.222. The van der Waals surface area contributed by atoms with Gasteiger partial charge >= 0.3 is 0 Å². The zero-order valence-electron chi connectivity index (χ0n) is 14.8. The first-order valence-corrected chi connectivity index (χ1v) is 10.7. The maximum absolute atomic E-state index is 12.9. The van der Waals surface area contributed by atoms with E-state index >= 15 is 0 Å². The van der Waals surface area contributed by atoms with E-state index in [0.717, 1.165) is 20.6 Å². The van der Waals surface area contributed by atoms with Crippen molar-refractivity contribution in [3.63, 3.8) is 0 Å². The average Bonchev–Trinajstić information content (AvgIpc) is 2.60. The molecule has 0 aromatic heterocycles. The maximum Gasteiger partial charge on any atom is 0.248 e. The van der Waals surface area contributed by atoms with Crippen molar-refractivity contribution in [3.8, 4) is 0 Å². The summed E-state index contributed by atoms with van der Waals surface area (Å²) in [7, 11) is -3.70. The third kappa shape index (κ3) is 4.14. The number of sulfonamides is 1. The van der Waals surface area contributed by atoms with Crippen molar-refractivity contribution in [2.45, 2.75) is 6.92 Å². The molecule has 0 atom stereocenters. The van der Waals surface area contributed by atoms with Crippen LogP contribution in [0, 0.1) is 6.92 Å². The van der Waals surface area contributed by atoms with E-state index in [1.807, 2.05) is 6.92 Å². The Morgan fingerprint density at radius 1 is 1.26 bits per heavy atom. The van der Waals surface area contributed by atoms with Crippen LogP contribution in [0.15, 0.2) is 46.9 Å². The Kier molecular flexibility index (Phi) is 5.25. The number of aryl methyl sites for hydroxylation is 1. The Balaban J connectivity index is 1.94. The summed E-state index contributed by atoms with van der Waals surface area (Å²) in [5, 5.41) is 2.70. The number of hydrogen-bond donors (Lipinski definition) is 1. The highest BCUT2D eigenvalue weighted by molar-refractivity contribution is 9.10. The molecule has 0 saturated heterocycles. The number of halogens is 1. The Morgan fingerprint density at radius 2 is 1.96 bits per heavy atom. The van der Waals surface area contributed by atoms with Crippen LogP contribution < -0.4 is 14.5 Å². The number of benzene rings is 2. The van der Waals surface area contributed by atoms with E-state index < -0.39 is 22.5 Å². The number of amides is 2. The fourth-order valence-electron chi connectivity index (χ4n) is 2.85. The minimum Gasteiger partial charge on any atom is -0.323 e. The van der Waals surface area contributed by atoms with Crippen LogP contribution in [0.25, 0.3) is 0 Å². The van der Waals surface area contributed by atoms with E-state index in [9.17, 15) is 18.0 Å². The summed E-state index contributed by atoms with van der Waals surface area (Å²) in [6.07, 6.45) is 1.05. The highest BCUT2D eigenvalue weighted by atomic mass is 79.9. The molecule has 0 radical (unpaired) electrons. The molecule has 2 amide bonds. The first kappa shape index (κ1) is 19.4. The lowest BCUT2D eigenvalue weighted by molar-refractivity contribution is -0.121. The molecule has 0 unspecified atom stereocenters. The van der Waals surface area contributed by atoms with Gasteiger partial charge in [-0.15, -0.1) is 0 Å². The number of hydrogen-bond acceptors (Lipinski definition) is 4. The number of fused-ring (bicyclic) bond motifs is 1. The van der Waals surface area contributed by atoms with E-state index in [1.54, 1.807) is 42.5 Å². The van der Waals surface area contributed by atoms with Gasteiger partial charge in [0.05, 0.1) is 23.3 Å². The van der Waals surface area contributed by atoms with Gasteiger partial charge in [-0.2, -0.15) is 0 Å². The maximum atomic E-state index is 12.9. The summed E-state index contributed by atoms with van der Waals surface area (Å²) in [5.74, 6) is -0.810. The molecule has 2 aromatic carbocycles. The first-order chi connectivity index (χ1) is 12.7. The molecule has 1 aliphatic heterocycles. The molecule has 3 rings (SSSR count). The largest absolute Gasteiger partial charge is 0.323 e. The average molecular weight is 452 g/mol. The molecule has 1 N–H and O–H groups in total. The number of anilines is 3. The van der Waals surface area contributed by atoms with Crippen LogP contribution in [0.2, 0.25) is 0 Å². The van der Waals surface area contributed by atoms with Gasteiger partial charge < -0.3 is 5.32 Å². The van der Waals surface area contributed by atoms with E-state index in [0.29, 0.717) is 17.1 Å². The predicted octanol–water partition coefficient (Wildman–Crippen LogP) is 2.51. The molecule has 0 bridgehead atoms. The lowest BCUT2D eigenvalue weighted by Crippen LogP contribution is -2.47. The van der Waals surface area contributed by atoms with Crippen LogP contribution in [0.4, 0.5) is 17.1 Å². The molecule has 0 fully saturated rings. The standard InChI is InChI=1S/C18H18BrN3O4S/c1-12-9-13(7-8-14(12)19)22(27(2,25)26)11-18(24)21-10-17(23)20-15-5-3-4-6-16(15)21/h3-9H,10-11H2,1-2H3,(H,20,23). The van der Waals surface area contributed by atoms with E-state index in [-0.39, 0.29) is 12.5 Å². The van der Waals surface area contributed by atoms with Gasteiger partial charge in [-0.25, -0.2) is 8.42 Å². The fourth-order valence-corrected chi connectivity index (χ4v) is 3.94. The molecule has 2 aromatic rings. The number of carbonyl (C=O) groups excluding carboxylic acids is 2. The second-order valence-electron chi connectivity index (χ2n) is 6.25. The summed E-state index contributed by atoms with van der Waals surface area (Å²) >= 11 is 3.38. The quantitative estimate of drug-likeness (QED) is 0.773. The van der Waals surface area contributed by atoms with E-state index in [2.05, 4.69) is 21.2 Å². The van der Waals surface area contributed by atoms with Crippen LogP contribution in [-0.4, -0.2) is 39.6 Å². The summed E-state index contributed by atoms with van der Waals surface area (Å²) < 4.78 is 26.5. The smallest absolute Gasteiger partial charge is 0.248 e. The van der Waals surface area contributed by atoms with E-state index in [4.69, 9.17) is 0 Å². The highest BCUT2D eigenvalue weighted by Gasteiger charge is 2.30. The molecule has 0 aliphatic carbocycles. The molecule has 7 nitrogen and oxygen atoms in total. The lowest BCUT2D eigenvalue weighted by Gasteiger charge is -2.31. The number of nitrogens with zero attached hydrogens (tertiary/aromatic N) is 2. The van der Waals surface area contributed by atoms with Gasteiger partial charge in [0.1, 0.15) is 13.1 Å². The molecule has 1 aliphatic rings. The third-order valence-corrected chi connectivity index (χ3v) is 6.21. The Bertz CT molecular complexity index is 1020. The number of rotatable bonds is 4. The first-order valence-electron chi connectivity index (χ1n) is 8.10. The number of para-hydroxylation sites is 2. The van der Waals surface area contributed by atoms with Gasteiger partial charge in [0, 0.05) is 4.47 Å². The molecular formula is C18H18BrN3O4S. The van der Waals surface area contributed by atoms with Crippen molar-refractivity contribution in [1.82, 2.24) is 0 Å². The Hall–Kier alpha value is -2.39. The monoisotopic (exact) mass is 451 g/mol. The Morgan fingerprint density at radius 3 is 2.63 bits per heavy atom. The molecule has 1 heterocycles. The van der Waals surface area contributed by atoms with Crippen molar-refractivity contribution < 1.29 is 18.0 Å². The normalized spacial score (nSPS) is 13.7. The molecule has 0 saturated carbocycles. The molecule has 9 heteroatoms. The lowest BCUT2D eigenvalue weighted by atomic mass is 10.2. The summed E-state index contributed by atoms with van der Waals surface area (Å²) in [6, 6.07) is 12.0. The van der Waals surface area contributed by atoms with Crippen molar-refractivity contribution in [2.75, 3.05) is 33.9 Å². The van der Waals surface area contributed by atoms with Crippen molar-refractivity contribution in [1.29, 1.82) is 0 Å². The van der Waals surface area contributed by atoms with Crippen molar-refractivity contribution >= 4 is 54.8 Å². The summed E-state index contributed by atoms with van der Waals surface area (Å²) in [5.41, 5.74) is 2.30. The van der Waals surface area contributed by atoms with Crippen LogP contribution in [0.1, 0.15) is 5.56 Å². The molecule has 142 valence electrons. The summed E-state index contributed by atoms with van der Waals surface area (Å²) in [4.78, 5) is 26.2. The van der Waals surface area contributed by atoms with Crippen molar-refractivity contribution in [2.24, 2.45) is 0 Å². The van der Waals surface area contributed by atoms with Gasteiger partial charge in [0.15, 0.2) is 0 Å². The second-order valence-corrected chi connectivity index (χ2v) is 9.01. The van der Waals surface area contributed by atoms with Crippen molar-refractivity contribution in [3.05, 3.63) is 52.5 Å². The number of nitrogens with one attached hydrogen (secondary N) is 1. The van der Waals surface area contributed by atoms with Crippen LogP contribution in [0.3, 0.4) is 0 Å². The zero-order chi connectivity index (χ0) is 19.8. The molecule has 0 spiro atoms. The molecule has 27 heavy (non-hydrogen) atoms. The van der Waals surface area contributed by atoms with Gasteiger partial charge in [0.25, 0.3) is 0 Å².